The van der Waals surface area contributed by atoms with Crippen LogP contribution in [0.15, 0.2) is 53.0 Å². The van der Waals surface area contributed by atoms with E-state index in [1.165, 1.54) is 38.5 Å². The molecule has 0 fully saturated rings. The lowest BCUT2D eigenvalue weighted by molar-refractivity contribution is -0.114. The van der Waals surface area contributed by atoms with Crippen LogP contribution in [0.5, 0.6) is 11.5 Å². The maximum absolute atomic E-state index is 13.2. The van der Waals surface area contributed by atoms with Gasteiger partial charge < -0.3 is 14.8 Å². The molecule has 30 heavy (non-hydrogen) atoms. The molecule has 0 aliphatic carbocycles. The Morgan fingerprint density at radius 2 is 1.83 bits per heavy atom. The number of carbonyl (C=O) groups excluding carboxylic acids is 1. The van der Waals surface area contributed by atoms with Gasteiger partial charge in [-0.05, 0) is 36.8 Å². The predicted molar refractivity (Wildman–Crippen MR) is 112 cm³/mol. The summed E-state index contributed by atoms with van der Waals surface area (Å²) in [4.78, 5) is 16.4. The number of amides is 1. The van der Waals surface area contributed by atoms with Gasteiger partial charge in [-0.3, -0.25) is 14.5 Å². The van der Waals surface area contributed by atoms with Gasteiger partial charge in [0.05, 0.1) is 19.9 Å². The Hall–Kier alpha value is -3.40. The van der Waals surface area contributed by atoms with E-state index in [4.69, 9.17) is 9.47 Å². The van der Waals surface area contributed by atoms with E-state index >= 15 is 0 Å². The van der Waals surface area contributed by atoms with Crippen LogP contribution in [0, 0.1) is 5.82 Å². The molecule has 2 aromatic rings. The van der Waals surface area contributed by atoms with Gasteiger partial charge in [-0.25, -0.2) is 12.8 Å². The number of aliphatic imine (C=N–C) groups is 1. The van der Waals surface area contributed by atoms with Crippen LogP contribution in [-0.4, -0.2) is 40.9 Å². The fraction of sp³-hybridized carbons (Fsp3) is 0.200. The summed E-state index contributed by atoms with van der Waals surface area (Å²) >= 11 is 0. The predicted octanol–water partition coefficient (Wildman–Crippen LogP) is 2.54. The lowest BCUT2D eigenvalue weighted by Crippen LogP contribution is -2.25. The minimum absolute atomic E-state index is 0.00141. The standard InChI is InChI=1S/C20H20FN3O5S/c1-12-19(13-4-6-14(21)7-5-13)30(26,27)24-20(12)22-11-18(25)23-16-9-8-15(28-2)10-17(16)29-3/h4-10H,11H2,1-3H3,(H,22,24)(H,23,25). The number of anilines is 1. The van der Waals surface area contributed by atoms with Crippen molar-refractivity contribution in [3.8, 4) is 11.5 Å². The molecule has 0 aromatic heterocycles. The fourth-order valence-electron chi connectivity index (χ4n) is 2.93. The summed E-state index contributed by atoms with van der Waals surface area (Å²) in [5.74, 6) is 0.102. The number of amidine groups is 1. The largest absolute Gasteiger partial charge is 0.497 e. The van der Waals surface area contributed by atoms with E-state index in [0.29, 0.717) is 28.3 Å². The van der Waals surface area contributed by atoms with Gasteiger partial charge in [0.1, 0.15) is 34.6 Å². The van der Waals surface area contributed by atoms with Crippen molar-refractivity contribution in [3.63, 3.8) is 0 Å². The second kappa shape index (κ2) is 8.54. The Labute approximate surface area is 173 Å². The number of hydrogen-bond acceptors (Lipinski definition) is 6. The van der Waals surface area contributed by atoms with Crippen LogP contribution >= 0.6 is 0 Å². The first-order chi connectivity index (χ1) is 14.2. The molecule has 8 nitrogen and oxygen atoms in total. The molecule has 10 heteroatoms. The minimum atomic E-state index is -3.87. The van der Waals surface area contributed by atoms with Crippen LogP contribution in [-0.2, 0) is 14.8 Å². The van der Waals surface area contributed by atoms with Crippen LogP contribution in [0.25, 0.3) is 4.91 Å². The quantitative estimate of drug-likeness (QED) is 0.728. The van der Waals surface area contributed by atoms with Crippen LogP contribution < -0.4 is 19.5 Å². The molecule has 3 rings (SSSR count). The van der Waals surface area contributed by atoms with Gasteiger partial charge in [0, 0.05) is 11.6 Å². The van der Waals surface area contributed by atoms with E-state index in [9.17, 15) is 17.6 Å². The number of sulfonamides is 1. The smallest absolute Gasteiger partial charge is 0.264 e. The molecule has 1 aliphatic heterocycles. The molecule has 1 heterocycles. The zero-order valence-corrected chi connectivity index (χ0v) is 17.3. The number of ether oxygens (including phenoxy) is 2. The molecule has 0 atom stereocenters. The Morgan fingerprint density at radius 1 is 1.13 bits per heavy atom. The zero-order valence-electron chi connectivity index (χ0n) is 16.5. The lowest BCUT2D eigenvalue weighted by Gasteiger charge is -2.11. The van der Waals surface area contributed by atoms with Gasteiger partial charge in [0.25, 0.3) is 10.0 Å². The maximum Gasteiger partial charge on any atom is 0.264 e. The average Bonchev–Trinajstić information content (AvgIpc) is 2.95. The van der Waals surface area contributed by atoms with Crippen LogP contribution in [0.2, 0.25) is 0 Å². The summed E-state index contributed by atoms with van der Waals surface area (Å²) in [6.07, 6.45) is 0. The SMILES string of the molecule is COc1ccc(NC(=O)CN=C2NS(=O)(=O)C(c3ccc(F)cc3)=C2C)c(OC)c1. The van der Waals surface area contributed by atoms with E-state index in [1.54, 1.807) is 25.1 Å². The van der Waals surface area contributed by atoms with Crippen molar-refractivity contribution in [2.75, 3.05) is 26.1 Å². The number of hydrogen-bond donors (Lipinski definition) is 2. The second-order valence-corrected chi connectivity index (χ2v) is 7.96. The summed E-state index contributed by atoms with van der Waals surface area (Å²) < 4.78 is 50.8. The Balaban J connectivity index is 1.79. The number of carbonyl (C=O) groups is 1. The number of benzene rings is 2. The molecule has 0 bridgehead atoms. The van der Waals surface area contributed by atoms with Crippen LogP contribution in [0.4, 0.5) is 10.1 Å². The molecule has 0 radical (unpaired) electrons. The molecule has 0 unspecified atom stereocenters. The summed E-state index contributed by atoms with van der Waals surface area (Å²) in [6.45, 7) is 1.25. The highest BCUT2D eigenvalue weighted by atomic mass is 32.2. The van der Waals surface area contributed by atoms with Crippen molar-refractivity contribution in [1.29, 1.82) is 0 Å². The van der Waals surface area contributed by atoms with Gasteiger partial charge in [-0.15, -0.1) is 0 Å². The van der Waals surface area contributed by atoms with Crippen molar-refractivity contribution in [3.05, 3.63) is 59.4 Å². The van der Waals surface area contributed by atoms with Crippen molar-refractivity contribution in [1.82, 2.24) is 4.72 Å². The van der Waals surface area contributed by atoms with E-state index < -0.39 is 21.7 Å². The highest BCUT2D eigenvalue weighted by Gasteiger charge is 2.32. The number of halogens is 1. The highest BCUT2D eigenvalue weighted by molar-refractivity contribution is 8.00. The molecule has 2 N–H and O–H groups in total. The van der Waals surface area contributed by atoms with Gasteiger partial charge in [0.2, 0.25) is 5.91 Å². The third kappa shape index (κ3) is 4.43. The fourth-order valence-corrected chi connectivity index (χ4v) is 4.45. The molecule has 0 spiro atoms. The molecule has 1 aliphatic rings. The maximum atomic E-state index is 13.2. The van der Waals surface area contributed by atoms with Crippen molar-refractivity contribution in [2.45, 2.75) is 6.92 Å². The third-order valence-electron chi connectivity index (χ3n) is 4.37. The van der Waals surface area contributed by atoms with Crippen LogP contribution in [0.1, 0.15) is 12.5 Å². The normalized spacial score (nSPS) is 16.3. The first kappa shape index (κ1) is 21.3. The van der Waals surface area contributed by atoms with Gasteiger partial charge in [-0.1, -0.05) is 12.1 Å². The van der Waals surface area contributed by atoms with E-state index in [2.05, 4.69) is 15.0 Å². The van der Waals surface area contributed by atoms with Crippen LogP contribution in [0.3, 0.4) is 0 Å². The van der Waals surface area contributed by atoms with Gasteiger partial charge in [-0.2, -0.15) is 0 Å². The summed E-state index contributed by atoms with van der Waals surface area (Å²) in [6, 6.07) is 10.0. The molecular weight excluding hydrogens is 413 g/mol. The Kier molecular flexibility index (Phi) is 6.06. The number of methoxy groups -OCH3 is 2. The summed E-state index contributed by atoms with van der Waals surface area (Å²) in [5, 5.41) is 2.66. The number of nitrogens with one attached hydrogen (secondary N) is 2. The number of nitrogens with zero attached hydrogens (tertiary/aromatic N) is 1. The average molecular weight is 433 g/mol. The monoisotopic (exact) mass is 433 g/mol. The Bertz CT molecular complexity index is 1140. The van der Waals surface area contributed by atoms with E-state index in [0.717, 1.165) is 0 Å². The van der Waals surface area contributed by atoms with Crippen molar-refractivity contribution >= 4 is 32.4 Å². The zero-order chi connectivity index (χ0) is 21.9. The molecule has 0 saturated carbocycles. The molecule has 1 amide bonds. The molecule has 158 valence electrons. The first-order valence-electron chi connectivity index (χ1n) is 8.81. The minimum Gasteiger partial charge on any atom is -0.497 e. The Morgan fingerprint density at radius 3 is 2.47 bits per heavy atom. The molecule has 0 saturated heterocycles. The summed E-state index contributed by atoms with van der Waals surface area (Å²) in [5.41, 5.74) is 1.10. The summed E-state index contributed by atoms with van der Waals surface area (Å²) in [7, 11) is -0.889. The second-order valence-electron chi connectivity index (χ2n) is 6.35. The lowest BCUT2D eigenvalue weighted by atomic mass is 10.1. The van der Waals surface area contributed by atoms with Gasteiger partial charge in [0.15, 0.2) is 0 Å². The van der Waals surface area contributed by atoms with Crippen molar-refractivity contribution in [2.24, 2.45) is 4.99 Å². The van der Waals surface area contributed by atoms with E-state index in [1.807, 2.05) is 0 Å². The third-order valence-corrected chi connectivity index (χ3v) is 5.91. The molecule has 2 aromatic carbocycles. The number of rotatable bonds is 6. The van der Waals surface area contributed by atoms with E-state index in [-0.39, 0.29) is 17.3 Å². The highest BCUT2D eigenvalue weighted by Crippen LogP contribution is 2.30. The topological polar surface area (TPSA) is 106 Å². The first-order valence-corrected chi connectivity index (χ1v) is 10.3. The van der Waals surface area contributed by atoms with Crippen molar-refractivity contribution < 1.29 is 27.1 Å². The molecular formula is C20H20FN3O5S. The van der Waals surface area contributed by atoms with Gasteiger partial charge >= 0.3 is 0 Å².